The van der Waals surface area contributed by atoms with Gasteiger partial charge in [-0.25, -0.2) is 4.79 Å². The zero-order chi connectivity index (χ0) is 13.8. The molecule has 0 saturated heterocycles. The van der Waals surface area contributed by atoms with Crippen molar-refractivity contribution in [3.05, 3.63) is 28.2 Å². The van der Waals surface area contributed by atoms with E-state index in [4.69, 9.17) is 32.8 Å². The molecule has 1 rings (SSSR count). The molecule has 18 heavy (non-hydrogen) atoms. The van der Waals surface area contributed by atoms with E-state index < -0.39 is 11.7 Å². The molecule has 0 aliphatic rings. The van der Waals surface area contributed by atoms with E-state index in [0.29, 0.717) is 10.0 Å². The van der Waals surface area contributed by atoms with E-state index in [9.17, 15) is 4.79 Å². The highest BCUT2D eigenvalue weighted by Gasteiger charge is 2.16. The average molecular weight is 294 g/mol. The Bertz CT molecular complexity index is 432. The Morgan fingerprint density at radius 3 is 2.56 bits per heavy atom. The molecule has 100 valence electrons. The highest BCUT2D eigenvalue weighted by atomic mass is 35.5. The fourth-order valence-electron chi connectivity index (χ4n) is 0.940. The van der Waals surface area contributed by atoms with Gasteiger partial charge in [-0.3, -0.25) is 0 Å². The quantitative estimate of drug-likeness (QED) is 0.681. The predicted octanol–water partition coefficient (Wildman–Crippen LogP) is 3.74. The average Bonchev–Trinajstić information content (AvgIpc) is 2.20. The van der Waals surface area contributed by atoms with Crippen LogP contribution in [-0.2, 0) is 9.73 Å². The van der Waals surface area contributed by atoms with Gasteiger partial charge < -0.3 is 9.62 Å². The summed E-state index contributed by atoms with van der Waals surface area (Å²) in [5.41, 5.74) is 1.33. The van der Waals surface area contributed by atoms with Gasteiger partial charge in [0.1, 0.15) is 5.60 Å². The molecule has 0 radical (unpaired) electrons. The fraction of sp³-hybridized carbons (Fsp3) is 0.364. The van der Waals surface area contributed by atoms with E-state index in [1.165, 1.54) is 12.1 Å². The standard InChI is InChI=1S/C11H13Cl2NO4/c1-11(2,3)16-10(15)14-18-17-9-6-7(12)4-5-8(9)13/h4-6H,1-3H3,(H,14,15). The predicted molar refractivity (Wildman–Crippen MR) is 67.5 cm³/mol. The normalized spacial score (nSPS) is 10.9. The lowest BCUT2D eigenvalue weighted by Crippen LogP contribution is -2.33. The van der Waals surface area contributed by atoms with Crippen LogP contribution < -0.4 is 10.4 Å². The summed E-state index contributed by atoms with van der Waals surface area (Å²) in [4.78, 5) is 20.5. The second kappa shape index (κ2) is 6.13. The molecule has 0 spiro atoms. The Hall–Kier alpha value is -1.17. The van der Waals surface area contributed by atoms with E-state index in [1.807, 2.05) is 5.48 Å². The van der Waals surface area contributed by atoms with Crippen molar-refractivity contribution in [3.8, 4) is 5.75 Å². The minimum Gasteiger partial charge on any atom is -0.442 e. The summed E-state index contributed by atoms with van der Waals surface area (Å²) in [5, 5.41) is 0.723. The van der Waals surface area contributed by atoms with Gasteiger partial charge >= 0.3 is 6.09 Å². The molecule has 0 aliphatic carbocycles. The van der Waals surface area contributed by atoms with Crippen LogP contribution in [0.1, 0.15) is 20.8 Å². The summed E-state index contributed by atoms with van der Waals surface area (Å²) in [6, 6.07) is 4.58. The number of amides is 1. The van der Waals surface area contributed by atoms with Crippen molar-refractivity contribution in [2.75, 3.05) is 0 Å². The largest absolute Gasteiger partial charge is 0.442 e. The Balaban J connectivity index is 2.42. The first-order valence-corrected chi connectivity index (χ1v) is 5.81. The van der Waals surface area contributed by atoms with Crippen molar-refractivity contribution >= 4 is 29.3 Å². The summed E-state index contributed by atoms with van der Waals surface area (Å²) in [5.74, 6) is 0.181. The number of hydrogen-bond donors (Lipinski definition) is 1. The van der Waals surface area contributed by atoms with Gasteiger partial charge in [-0.15, -0.1) is 0 Å². The molecule has 1 aromatic carbocycles. The van der Waals surface area contributed by atoms with Crippen LogP contribution in [0.3, 0.4) is 0 Å². The molecular weight excluding hydrogens is 281 g/mol. The number of rotatable bonds is 3. The number of ether oxygens (including phenoxy) is 1. The van der Waals surface area contributed by atoms with Gasteiger partial charge in [0.15, 0.2) is 5.75 Å². The number of hydrogen-bond acceptors (Lipinski definition) is 4. The van der Waals surface area contributed by atoms with Crippen LogP contribution in [-0.4, -0.2) is 11.7 Å². The van der Waals surface area contributed by atoms with Crippen LogP contribution in [0.4, 0.5) is 4.79 Å². The Morgan fingerprint density at radius 2 is 1.94 bits per heavy atom. The van der Waals surface area contributed by atoms with E-state index in [1.54, 1.807) is 26.8 Å². The van der Waals surface area contributed by atoms with Gasteiger partial charge in [0, 0.05) is 11.1 Å². The molecule has 0 heterocycles. The second-order valence-corrected chi connectivity index (χ2v) is 5.19. The van der Waals surface area contributed by atoms with Crippen molar-refractivity contribution in [2.24, 2.45) is 0 Å². The van der Waals surface area contributed by atoms with Crippen molar-refractivity contribution in [3.63, 3.8) is 0 Å². The lowest BCUT2D eigenvalue weighted by molar-refractivity contribution is -0.248. The smallest absolute Gasteiger partial charge is 0.435 e. The second-order valence-electron chi connectivity index (χ2n) is 4.35. The van der Waals surface area contributed by atoms with Crippen LogP contribution in [0.25, 0.3) is 0 Å². The molecule has 0 aromatic heterocycles. The third-order valence-electron chi connectivity index (χ3n) is 1.55. The number of benzene rings is 1. The molecular formula is C11H13Cl2NO4. The number of hydroxylamine groups is 1. The molecule has 0 unspecified atom stereocenters. The van der Waals surface area contributed by atoms with Crippen molar-refractivity contribution < 1.29 is 19.4 Å². The Kier molecular flexibility index (Phi) is 5.07. The molecule has 7 heteroatoms. The minimum absolute atomic E-state index is 0.181. The number of halogens is 2. The summed E-state index contributed by atoms with van der Waals surface area (Å²) < 4.78 is 4.92. The SMILES string of the molecule is CC(C)(C)OC(=O)NOOc1cc(Cl)ccc1Cl. The van der Waals surface area contributed by atoms with Crippen LogP contribution in [0.15, 0.2) is 18.2 Å². The van der Waals surface area contributed by atoms with Gasteiger partial charge in [-0.1, -0.05) is 28.2 Å². The zero-order valence-electron chi connectivity index (χ0n) is 10.1. The van der Waals surface area contributed by atoms with E-state index >= 15 is 0 Å². The summed E-state index contributed by atoms with van der Waals surface area (Å²) in [6.45, 7) is 5.17. The molecule has 5 nitrogen and oxygen atoms in total. The fourth-order valence-corrected chi connectivity index (χ4v) is 1.25. The van der Waals surface area contributed by atoms with Crippen molar-refractivity contribution in [2.45, 2.75) is 26.4 Å². The summed E-state index contributed by atoms with van der Waals surface area (Å²) in [6.07, 6.45) is -0.777. The lowest BCUT2D eigenvalue weighted by atomic mass is 10.2. The van der Waals surface area contributed by atoms with Gasteiger partial charge in [0.2, 0.25) is 0 Å². The first-order valence-electron chi connectivity index (χ1n) is 5.05. The topological polar surface area (TPSA) is 56.8 Å². The molecule has 0 bridgehead atoms. The van der Waals surface area contributed by atoms with Crippen LogP contribution in [0.5, 0.6) is 5.75 Å². The van der Waals surface area contributed by atoms with Gasteiger partial charge in [0.25, 0.3) is 0 Å². The number of nitrogens with one attached hydrogen (secondary N) is 1. The molecule has 1 amide bonds. The van der Waals surface area contributed by atoms with Gasteiger partial charge in [0.05, 0.1) is 5.02 Å². The van der Waals surface area contributed by atoms with Crippen LogP contribution >= 0.6 is 23.2 Å². The summed E-state index contributed by atoms with van der Waals surface area (Å²) in [7, 11) is 0. The van der Waals surface area contributed by atoms with Gasteiger partial charge in [-0.05, 0) is 32.9 Å². The zero-order valence-corrected chi connectivity index (χ0v) is 11.6. The van der Waals surface area contributed by atoms with Crippen LogP contribution in [0, 0.1) is 0 Å². The van der Waals surface area contributed by atoms with E-state index in [2.05, 4.69) is 4.99 Å². The van der Waals surface area contributed by atoms with Gasteiger partial charge in [-0.2, -0.15) is 5.48 Å². The third kappa shape index (κ3) is 5.44. The van der Waals surface area contributed by atoms with E-state index in [0.717, 1.165) is 0 Å². The molecule has 1 N–H and O–H groups in total. The number of carbonyl (C=O) groups is 1. The molecule has 0 atom stereocenters. The van der Waals surface area contributed by atoms with Crippen molar-refractivity contribution in [1.29, 1.82) is 0 Å². The minimum atomic E-state index is -0.777. The Labute approximate surface area is 115 Å². The third-order valence-corrected chi connectivity index (χ3v) is 2.10. The maximum atomic E-state index is 11.2. The first-order chi connectivity index (χ1) is 8.28. The van der Waals surface area contributed by atoms with Crippen LogP contribution in [0.2, 0.25) is 10.0 Å². The summed E-state index contributed by atoms with van der Waals surface area (Å²) >= 11 is 11.5. The monoisotopic (exact) mass is 293 g/mol. The first kappa shape index (κ1) is 14.9. The molecule has 0 aliphatic heterocycles. The molecule has 1 aromatic rings. The van der Waals surface area contributed by atoms with Crippen molar-refractivity contribution in [1.82, 2.24) is 5.48 Å². The highest BCUT2D eigenvalue weighted by Crippen LogP contribution is 2.27. The van der Waals surface area contributed by atoms with E-state index in [-0.39, 0.29) is 5.75 Å². The number of carbonyl (C=O) groups excluding carboxylic acids is 1. The highest BCUT2D eigenvalue weighted by molar-refractivity contribution is 6.34. The Morgan fingerprint density at radius 1 is 1.28 bits per heavy atom. The maximum Gasteiger partial charge on any atom is 0.435 e. The maximum absolute atomic E-state index is 11.2. The molecule has 0 fully saturated rings. The molecule has 0 saturated carbocycles. The lowest BCUT2D eigenvalue weighted by Gasteiger charge is -2.18.